The third-order valence-corrected chi connectivity index (χ3v) is 6.93. The Labute approximate surface area is 163 Å². The van der Waals surface area contributed by atoms with Crippen LogP contribution >= 0.6 is 24.0 Å². The standard InChI is InChI=1S/C19H35N3OS2/c1-22-13-9-17(10-14-22)25-19(24)21-12-6-5-11-20-18(23)15-16-7-3-2-4-8-16/h16-17H,2-15H2,1H3,(H,20,23)(H,21,24). The van der Waals surface area contributed by atoms with Crippen LogP contribution in [0.5, 0.6) is 0 Å². The highest BCUT2D eigenvalue weighted by Gasteiger charge is 2.18. The van der Waals surface area contributed by atoms with Crippen molar-refractivity contribution in [1.29, 1.82) is 0 Å². The second kappa shape index (κ2) is 12.1. The van der Waals surface area contributed by atoms with E-state index in [1.807, 2.05) is 11.8 Å². The zero-order chi connectivity index (χ0) is 17.9. The number of nitrogens with zero attached hydrogens (tertiary/aromatic N) is 1. The number of thiocarbonyl (C=S) groups is 1. The Balaban J connectivity index is 1.42. The van der Waals surface area contributed by atoms with Crippen molar-refractivity contribution in [2.75, 3.05) is 33.2 Å². The minimum Gasteiger partial charge on any atom is -0.371 e. The second-order valence-electron chi connectivity index (χ2n) is 7.60. The number of unbranched alkanes of at least 4 members (excludes halogenated alkanes) is 1. The van der Waals surface area contributed by atoms with Crippen LogP contribution in [0.4, 0.5) is 0 Å². The lowest BCUT2D eigenvalue weighted by atomic mass is 9.87. The van der Waals surface area contributed by atoms with Gasteiger partial charge in [0.05, 0.1) is 0 Å². The quantitative estimate of drug-likeness (QED) is 0.494. The lowest BCUT2D eigenvalue weighted by molar-refractivity contribution is -0.122. The van der Waals surface area contributed by atoms with E-state index in [1.54, 1.807) is 0 Å². The van der Waals surface area contributed by atoms with Gasteiger partial charge in [-0.1, -0.05) is 43.2 Å². The minimum atomic E-state index is 0.244. The maximum atomic E-state index is 11.9. The molecule has 1 saturated carbocycles. The molecule has 0 radical (unpaired) electrons. The number of carbonyl (C=O) groups is 1. The van der Waals surface area contributed by atoms with Gasteiger partial charge >= 0.3 is 0 Å². The van der Waals surface area contributed by atoms with E-state index in [0.717, 1.165) is 36.7 Å². The van der Waals surface area contributed by atoms with E-state index in [4.69, 9.17) is 12.2 Å². The molecule has 1 saturated heterocycles. The fraction of sp³-hybridized carbons (Fsp3) is 0.895. The summed E-state index contributed by atoms with van der Waals surface area (Å²) in [4.78, 5) is 14.3. The van der Waals surface area contributed by atoms with Crippen molar-refractivity contribution in [3.63, 3.8) is 0 Å². The van der Waals surface area contributed by atoms with Crippen LogP contribution in [0.25, 0.3) is 0 Å². The zero-order valence-electron chi connectivity index (χ0n) is 15.7. The fourth-order valence-corrected chi connectivity index (χ4v) is 5.13. The number of thioether (sulfide) groups is 1. The van der Waals surface area contributed by atoms with Gasteiger partial charge in [-0.3, -0.25) is 4.79 Å². The SMILES string of the molecule is CN1CCC(SC(=S)NCCCCNC(=O)CC2CCCCC2)CC1. The molecule has 144 valence electrons. The monoisotopic (exact) mass is 385 g/mol. The number of piperidine rings is 1. The lowest BCUT2D eigenvalue weighted by Gasteiger charge is -2.28. The first-order valence-corrected chi connectivity index (χ1v) is 11.3. The number of carbonyl (C=O) groups excluding carboxylic acids is 1. The molecule has 6 heteroatoms. The second-order valence-corrected chi connectivity index (χ2v) is 9.58. The summed E-state index contributed by atoms with van der Waals surface area (Å²) >= 11 is 7.28. The summed E-state index contributed by atoms with van der Waals surface area (Å²) in [5.41, 5.74) is 0. The van der Waals surface area contributed by atoms with Gasteiger partial charge in [0.1, 0.15) is 4.32 Å². The maximum absolute atomic E-state index is 11.9. The molecule has 2 fully saturated rings. The molecular weight excluding hydrogens is 350 g/mol. The van der Waals surface area contributed by atoms with Gasteiger partial charge in [0, 0.05) is 24.8 Å². The summed E-state index contributed by atoms with van der Waals surface area (Å²) in [6, 6.07) is 0. The Bertz CT molecular complexity index is 405. The first kappa shape index (κ1) is 21.0. The van der Waals surface area contributed by atoms with Crippen LogP contribution in [-0.2, 0) is 4.79 Å². The van der Waals surface area contributed by atoms with E-state index in [2.05, 4.69) is 22.6 Å². The highest BCUT2D eigenvalue weighted by Crippen LogP contribution is 2.26. The van der Waals surface area contributed by atoms with Crippen molar-refractivity contribution in [1.82, 2.24) is 15.5 Å². The van der Waals surface area contributed by atoms with Crippen LogP contribution in [0, 0.1) is 5.92 Å². The normalized spacial score (nSPS) is 20.4. The molecule has 1 aliphatic heterocycles. The van der Waals surface area contributed by atoms with E-state index in [0.29, 0.717) is 11.2 Å². The lowest BCUT2D eigenvalue weighted by Crippen LogP contribution is -2.33. The molecule has 0 aromatic heterocycles. The van der Waals surface area contributed by atoms with Crippen molar-refractivity contribution in [3.8, 4) is 0 Å². The largest absolute Gasteiger partial charge is 0.371 e. The summed E-state index contributed by atoms with van der Waals surface area (Å²) in [7, 11) is 2.19. The molecule has 1 amide bonds. The van der Waals surface area contributed by atoms with E-state index in [9.17, 15) is 4.79 Å². The number of likely N-dealkylation sites (tertiary alicyclic amines) is 1. The fourth-order valence-electron chi connectivity index (χ4n) is 3.69. The third kappa shape index (κ3) is 9.25. The number of hydrogen-bond acceptors (Lipinski definition) is 4. The van der Waals surface area contributed by atoms with E-state index in [-0.39, 0.29) is 5.91 Å². The summed E-state index contributed by atoms with van der Waals surface area (Å²) in [6.07, 6.45) is 11.7. The molecule has 1 heterocycles. The summed E-state index contributed by atoms with van der Waals surface area (Å²) in [5.74, 6) is 0.873. The van der Waals surface area contributed by atoms with E-state index < -0.39 is 0 Å². The Kier molecular flexibility index (Phi) is 10.2. The van der Waals surface area contributed by atoms with Crippen LogP contribution in [0.2, 0.25) is 0 Å². The molecule has 0 unspecified atom stereocenters. The number of hydrogen-bond donors (Lipinski definition) is 2. The van der Waals surface area contributed by atoms with Crippen molar-refractivity contribution < 1.29 is 4.79 Å². The van der Waals surface area contributed by atoms with E-state index >= 15 is 0 Å². The van der Waals surface area contributed by atoms with Crippen LogP contribution < -0.4 is 10.6 Å². The Morgan fingerprint density at radius 2 is 1.68 bits per heavy atom. The van der Waals surface area contributed by atoms with Crippen LogP contribution in [-0.4, -0.2) is 53.6 Å². The molecule has 0 aromatic rings. The number of amides is 1. The maximum Gasteiger partial charge on any atom is 0.220 e. The van der Waals surface area contributed by atoms with Crippen molar-refractivity contribution >= 4 is 34.2 Å². The van der Waals surface area contributed by atoms with Crippen molar-refractivity contribution in [3.05, 3.63) is 0 Å². The van der Waals surface area contributed by atoms with Gasteiger partial charge < -0.3 is 15.5 Å². The molecule has 4 nitrogen and oxygen atoms in total. The summed E-state index contributed by atoms with van der Waals surface area (Å²) in [6.45, 7) is 4.07. The molecular formula is C19H35N3OS2. The minimum absolute atomic E-state index is 0.244. The molecule has 2 N–H and O–H groups in total. The molecule has 0 atom stereocenters. The molecule has 2 rings (SSSR count). The number of nitrogens with one attached hydrogen (secondary N) is 2. The van der Waals surface area contributed by atoms with Crippen LogP contribution in [0.3, 0.4) is 0 Å². The van der Waals surface area contributed by atoms with Gasteiger partial charge in [-0.05, 0) is 64.6 Å². The smallest absolute Gasteiger partial charge is 0.220 e. The van der Waals surface area contributed by atoms with Gasteiger partial charge in [-0.2, -0.15) is 0 Å². The van der Waals surface area contributed by atoms with Gasteiger partial charge in [0.2, 0.25) is 5.91 Å². The molecule has 25 heavy (non-hydrogen) atoms. The Morgan fingerprint density at radius 1 is 1.04 bits per heavy atom. The molecule has 2 aliphatic rings. The highest BCUT2D eigenvalue weighted by molar-refractivity contribution is 8.23. The number of rotatable bonds is 8. The summed E-state index contributed by atoms with van der Waals surface area (Å²) in [5, 5.41) is 7.12. The van der Waals surface area contributed by atoms with Gasteiger partial charge in [-0.15, -0.1) is 0 Å². The van der Waals surface area contributed by atoms with Crippen molar-refractivity contribution in [2.45, 2.75) is 69.5 Å². The summed E-state index contributed by atoms with van der Waals surface area (Å²) < 4.78 is 0.941. The van der Waals surface area contributed by atoms with Crippen LogP contribution in [0.1, 0.15) is 64.2 Å². The molecule has 0 spiro atoms. The predicted octanol–water partition coefficient (Wildman–Crippen LogP) is 3.56. The first-order valence-electron chi connectivity index (χ1n) is 10.0. The van der Waals surface area contributed by atoms with Gasteiger partial charge in [0.25, 0.3) is 0 Å². The van der Waals surface area contributed by atoms with Gasteiger partial charge in [0.15, 0.2) is 0 Å². The van der Waals surface area contributed by atoms with E-state index in [1.165, 1.54) is 58.0 Å². The highest BCUT2D eigenvalue weighted by atomic mass is 32.2. The Hall–Kier alpha value is -0.330. The Morgan fingerprint density at radius 3 is 2.36 bits per heavy atom. The zero-order valence-corrected chi connectivity index (χ0v) is 17.4. The van der Waals surface area contributed by atoms with Crippen molar-refractivity contribution in [2.24, 2.45) is 5.92 Å². The molecule has 0 aromatic carbocycles. The van der Waals surface area contributed by atoms with Crippen LogP contribution in [0.15, 0.2) is 0 Å². The predicted molar refractivity (Wildman–Crippen MR) is 112 cm³/mol. The average Bonchev–Trinajstić information content (AvgIpc) is 2.61. The topological polar surface area (TPSA) is 44.4 Å². The first-order chi connectivity index (χ1) is 12.1. The third-order valence-electron chi connectivity index (χ3n) is 5.33. The average molecular weight is 386 g/mol. The molecule has 1 aliphatic carbocycles. The molecule has 0 bridgehead atoms. The van der Waals surface area contributed by atoms with Gasteiger partial charge in [-0.25, -0.2) is 0 Å².